The van der Waals surface area contributed by atoms with Crippen LogP contribution in [-0.2, 0) is 12.3 Å². The number of benzene rings is 2. The molecule has 3 aromatic rings. The van der Waals surface area contributed by atoms with Crippen molar-refractivity contribution in [2.75, 3.05) is 13.9 Å². The van der Waals surface area contributed by atoms with Crippen LogP contribution in [0.3, 0.4) is 0 Å². The van der Waals surface area contributed by atoms with E-state index in [1.54, 1.807) is 13.2 Å². The summed E-state index contributed by atoms with van der Waals surface area (Å²) in [7, 11) is 1.63. The Morgan fingerprint density at radius 3 is 2.57 bits per heavy atom. The Bertz CT molecular complexity index is 1200. The number of fused-ring (bicyclic) bond motifs is 1. The van der Waals surface area contributed by atoms with Crippen LogP contribution in [0.25, 0.3) is 0 Å². The molecule has 1 aromatic heterocycles. The number of aromatic nitrogens is 2. The summed E-state index contributed by atoms with van der Waals surface area (Å²) < 4.78 is 18.0. The van der Waals surface area contributed by atoms with E-state index in [0.29, 0.717) is 27.3 Å². The highest BCUT2D eigenvalue weighted by Crippen LogP contribution is 2.39. The molecule has 1 aliphatic rings. The van der Waals surface area contributed by atoms with Crippen LogP contribution >= 0.6 is 23.4 Å². The van der Waals surface area contributed by atoms with Gasteiger partial charge in [-0.05, 0) is 42.2 Å². The normalized spacial score (nSPS) is 13.1. The molecule has 9 heteroatoms. The Labute approximate surface area is 214 Å². The first-order valence-corrected chi connectivity index (χ1v) is 13.0. The van der Waals surface area contributed by atoms with E-state index < -0.39 is 5.97 Å². The quantitative estimate of drug-likeness (QED) is 0.287. The van der Waals surface area contributed by atoms with Crippen molar-refractivity contribution in [3.63, 3.8) is 0 Å². The zero-order valence-electron chi connectivity index (χ0n) is 20.0. The van der Waals surface area contributed by atoms with Gasteiger partial charge in [0.05, 0.1) is 13.7 Å². The molecule has 0 fully saturated rings. The van der Waals surface area contributed by atoms with E-state index in [4.69, 9.17) is 30.8 Å². The van der Waals surface area contributed by atoms with Crippen molar-refractivity contribution in [1.29, 1.82) is 0 Å². The van der Waals surface area contributed by atoms with Gasteiger partial charge < -0.3 is 23.9 Å². The molecule has 1 atom stereocenters. The minimum absolute atomic E-state index is 0.140. The third-order valence-corrected chi connectivity index (χ3v) is 7.46. The zero-order chi connectivity index (χ0) is 24.9. The smallest absolute Gasteiger partial charge is 0.355 e. The van der Waals surface area contributed by atoms with Gasteiger partial charge in [0, 0.05) is 22.8 Å². The van der Waals surface area contributed by atoms with Crippen LogP contribution in [-0.4, -0.2) is 34.5 Å². The van der Waals surface area contributed by atoms with E-state index in [9.17, 15) is 9.90 Å². The highest BCUT2D eigenvalue weighted by molar-refractivity contribution is 7.98. The summed E-state index contributed by atoms with van der Waals surface area (Å²) in [6.07, 6.45) is 2.76. The molecule has 1 unspecified atom stereocenters. The monoisotopic (exact) mass is 516 g/mol. The standard InChI is InChI=1S/C26H29ClN2O5S/c1-4-6-17(5-2)24-28-25(35-14-16-7-9-19(32-3)10-8-16)23(26(30)31)29(24)13-18-11-21-22(12-20(18)27)34-15-33-21/h7-12,17H,4-6,13-15H2,1-3H3,(H,30,31). The van der Waals surface area contributed by atoms with Crippen LogP contribution in [0, 0.1) is 0 Å². The first-order valence-electron chi connectivity index (χ1n) is 11.6. The van der Waals surface area contributed by atoms with Gasteiger partial charge in [0.2, 0.25) is 6.79 Å². The largest absolute Gasteiger partial charge is 0.497 e. The van der Waals surface area contributed by atoms with Gasteiger partial charge in [-0.2, -0.15) is 0 Å². The fourth-order valence-corrected chi connectivity index (χ4v) is 5.42. The molecule has 35 heavy (non-hydrogen) atoms. The molecule has 2 heterocycles. The zero-order valence-corrected chi connectivity index (χ0v) is 21.6. The van der Waals surface area contributed by atoms with E-state index >= 15 is 0 Å². The molecular weight excluding hydrogens is 488 g/mol. The second kappa shape index (κ2) is 11.3. The maximum Gasteiger partial charge on any atom is 0.355 e. The predicted molar refractivity (Wildman–Crippen MR) is 136 cm³/mol. The molecule has 1 N–H and O–H groups in total. The average molecular weight is 517 g/mol. The molecule has 0 saturated carbocycles. The van der Waals surface area contributed by atoms with E-state index in [1.807, 2.05) is 34.9 Å². The van der Waals surface area contributed by atoms with E-state index in [0.717, 1.165) is 42.0 Å². The SMILES string of the molecule is CCCC(CC)c1nc(SCc2ccc(OC)cc2)c(C(=O)O)n1Cc1cc2c(cc1Cl)OCO2. The van der Waals surface area contributed by atoms with Crippen LogP contribution in [0.1, 0.15) is 66.5 Å². The molecule has 1 aliphatic heterocycles. The molecule has 4 rings (SSSR count). The fourth-order valence-electron chi connectivity index (χ4n) is 4.22. The second-order valence-electron chi connectivity index (χ2n) is 8.34. The number of carboxylic acid groups (broad SMARTS) is 1. The summed E-state index contributed by atoms with van der Waals surface area (Å²) in [5.74, 6) is 2.48. The van der Waals surface area contributed by atoms with Gasteiger partial charge in [-0.15, -0.1) is 0 Å². The number of hydrogen-bond donors (Lipinski definition) is 1. The number of nitrogens with zero attached hydrogens (tertiary/aromatic N) is 2. The maximum absolute atomic E-state index is 12.5. The molecule has 0 aliphatic carbocycles. The van der Waals surface area contributed by atoms with E-state index in [1.165, 1.54) is 11.8 Å². The number of rotatable bonds is 11. The summed E-state index contributed by atoms with van der Waals surface area (Å²) >= 11 is 7.98. The highest BCUT2D eigenvalue weighted by atomic mass is 35.5. The number of aromatic carboxylic acids is 1. The summed E-state index contributed by atoms with van der Waals surface area (Å²) in [6.45, 7) is 4.66. The summed E-state index contributed by atoms with van der Waals surface area (Å²) in [6, 6.07) is 11.3. The van der Waals surface area contributed by atoms with Crippen molar-refractivity contribution in [1.82, 2.24) is 9.55 Å². The number of imidazole rings is 1. The number of thioether (sulfide) groups is 1. The molecule has 0 amide bonds. The van der Waals surface area contributed by atoms with E-state index in [-0.39, 0.29) is 24.9 Å². The lowest BCUT2D eigenvalue weighted by Gasteiger charge is -2.18. The van der Waals surface area contributed by atoms with Crippen molar-refractivity contribution >= 4 is 29.3 Å². The van der Waals surface area contributed by atoms with Crippen LogP contribution in [0.15, 0.2) is 41.4 Å². The van der Waals surface area contributed by atoms with Gasteiger partial charge >= 0.3 is 5.97 Å². The second-order valence-corrected chi connectivity index (χ2v) is 9.71. The van der Waals surface area contributed by atoms with Crippen LogP contribution in [0.5, 0.6) is 17.2 Å². The number of methoxy groups -OCH3 is 1. The molecule has 0 bridgehead atoms. The molecule has 186 valence electrons. The summed E-state index contributed by atoms with van der Waals surface area (Å²) in [4.78, 5) is 17.4. The van der Waals surface area contributed by atoms with Gasteiger partial charge in [0.15, 0.2) is 17.2 Å². The Morgan fingerprint density at radius 1 is 1.23 bits per heavy atom. The fraction of sp³-hybridized carbons (Fsp3) is 0.385. The van der Waals surface area contributed by atoms with Gasteiger partial charge in [-0.1, -0.05) is 55.8 Å². The van der Waals surface area contributed by atoms with Crippen molar-refractivity contribution in [2.24, 2.45) is 0 Å². The summed E-state index contributed by atoms with van der Waals surface area (Å²) in [5, 5.41) is 11.3. The van der Waals surface area contributed by atoms with Crippen molar-refractivity contribution in [3.8, 4) is 17.2 Å². The highest BCUT2D eigenvalue weighted by Gasteiger charge is 2.28. The number of halogens is 1. The molecule has 7 nitrogen and oxygen atoms in total. The number of ether oxygens (including phenoxy) is 3. The van der Waals surface area contributed by atoms with Gasteiger partial charge in [-0.25, -0.2) is 9.78 Å². The lowest BCUT2D eigenvalue weighted by Crippen LogP contribution is -2.15. The average Bonchev–Trinajstić information content (AvgIpc) is 3.45. The topological polar surface area (TPSA) is 82.8 Å². The lowest BCUT2D eigenvalue weighted by molar-refractivity contribution is 0.0681. The first-order chi connectivity index (χ1) is 16.9. The summed E-state index contributed by atoms with van der Waals surface area (Å²) in [5.41, 5.74) is 2.00. The molecule has 2 aromatic carbocycles. The molecule has 0 spiro atoms. The number of carboxylic acids is 1. The lowest BCUT2D eigenvalue weighted by atomic mass is 9.99. The Hall–Kier alpha value is -2.84. The van der Waals surface area contributed by atoms with Crippen LogP contribution < -0.4 is 14.2 Å². The molecular formula is C26H29ClN2O5S. The van der Waals surface area contributed by atoms with Crippen LogP contribution in [0.2, 0.25) is 5.02 Å². The molecule has 0 radical (unpaired) electrons. The molecule has 0 saturated heterocycles. The van der Waals surface area contributed by atoms with E-state index in [2.05, 4.69) is 13.8 Å². The van der Waals surface area contributed by atoms with Crippen LogP contribution in [0.4, 0.5) is 0 Å². The predicted octanol–water partition coefficient (Wildman–Crippen LogP) is 6.61. The minimum Gasteiger partial charge on any atom is -0.497 e. The Morgan fingerprint density at radius 2 is 1.94 bits per heavy atom. The van der Waals surface area contributed by atoms with Crippen molar-refractivity contribution in [2.45, 2.75) is 56.4 Å². The van der Waals surface area contributed by atoms with Gasteiger partial charge in [0.1, 0.15) is 16.6 Å². The number of hydrogen-bond acceptors (Lipinski definition) is 6. The first kappa shape index (κ1) is 25.3. The van der Waals surface area contributed by atoms with Gasteiger partial charge in [0.25, 0.3) is 0 Å². The van der Waals surface area contributed by atoms with Gasteiger partial charge in [-0.3, -0.25) is 0 Å². The van der Waals surface area contributed by atoms with Crippen molar-refractivity contribution < 1.29 is 24.1 Å². The Balaban J connectivity index is 1.72. The third-order valence-electron chi connectivity index (χ3n) is 6.07. The maximum atomic E-state index is 12.5. The minimum atomic E-state index is -1.01. The van der Waals surface area contributed by atoms with Crippen molar-refractivity contribution in [3.05, 3.63) is 64.1 Å². The number of carbonyl (C=O) groups is 1. The Kier molecular flexibility index (Phi) is 8.13. The third kappa shape index (κ3) is 5.54.